The smallest absolute Gasteiger partial charge is 0.276 e. The number of carbonyl (C=O) groups excluding carboxylic acids is 2. The lowest BCUT2D eigenvalue weighted by molar-refractivity contribution is -0.145. The minimum absolute atomic E-state index is 0.0475. The third-order valence-corrected chi connectivity index (χ3v) is 5.50. The Bertz CT molecular complexity index is 612. The molecular weight excluding hydrogens is 294 g/mol. The van der Waals surface area contributed by atoms with Crippen LogP contribution in [0.15, 0.2) is 10.8 Å². The molecule has 2 atom stereocenters. The van der Waals surface area contributed by atoms with Gasteiger partial charge in [0.15, 0.2) is 12.1 Å². The molecule has 3 rings (SSSR count). The van der Waals surface area contributed by atoms with Gasteiger partial charge in [0, 0.05) is 19.5 Å². The van der Waals surface area contributed by atoms with Crippen LogP contribution in [0, 0.1) is 6.92 Å². The van der Waals surface area contributed by atoms with Crippen LogP contribution < -0.4 is 0 Å². The number of hydrogen-bond donors (Lipinski definition) is 0. The van der Waals surface area contributed by atoms with Crippen LogP contribution in [0.3, 0.4) is 0 Å². The van der Waals surface area contributed by atoms with Gasteiger partial charge in [0.05, 0.1) is 11.6 Å². The van der Waals surface area contributed by atoms with Gasteiger partial charge >= 0.3 is 0 Å². The monoisotopic (exact) mass is 319 g/mol. The maximum atomic E-state index is 13.0. The normalized spacial score (nSPS) is 28.5. The molecule has 0 saturated carbocycles. The summed E-state index contributed by atoms with van der Waals surface area (Å²) in [7, 11) is 0. The van der Waals surface area contributed by atoms with Gasteiger partial charge in [-0.3, -0.25) is 9.59 Å². The molecule has 0 N–H and O–H groups in total. The van der Waals surface area contributed by atoms with E-state index in [2.05, 4.69) is 11.9 Å². The van der Waals surface area contributed by atoms with E-state index in [0.29, 0.717) is 24.4 Å². The largest absolute Gasteiger partial charge is 0.448 e. The van der Waals surface area contributed by atoms with Crippen molar-refractivity contribution in [3.8, 4) is 0 Å². The van der Waals surface area contributed by atoms with Gasteiger partial charge in [0.1, 0.15) is 5.76 Å². The number of rotatable bonds is 2. The second-order valence-corrected chi connectivity index (χ2v) is 6.76. The van der Waals surface area contributed by atoms with Crippen molar-refractivity contribution in [3.05, 3.63) is 17.8 Å². The maximum Gasteiger partial charge on any atom is 0.276 e. The highest BCUT2D eigenvalue weighted by molar-refractivity contribution is 5.93. The molecule has 2 aliphatic rings. The molecule has 6 nitrogen and oxygen atoms in total. The summed E-state index contributed by atoms with van der Waals surface area (Å²) in [4.78, 5) is 33.4. The van der Waals surface area contributed by atoms with Crippen molar-refractivity contribution in [2.45, 2.75) is 64.5 Å². The van der Waals surface area contributed by atoms with Crippen molar-refractivity contribution >= 4 is 11.8 Å². The summed E-state index contributed by atoms with van der Waals surface area (Å²) < 4.78 is 5.21. The number of likely N-dealkylation sites (N-methyl/N-ethyl adjacent to an activating group) is 1. The molecule has 0 radical (unpaired) electrons. The Balaban J connectivity index is 1.96. The zero-order chi connectivity index (χ0) is 16.6. The van der Waals surface area contributed by atoms with Crippen molar-refractivity contribution in [2.24, 2.45) is 0 Å². The predicted octanol–water partition coefficient (Wildman–Crippen LogP) is 2.38. The minimum atomic E-state index is -0.284. The Hall–Kier alpha value is -1.85. The molecule has 0 spiro atoms. The van der Waals surface area contributed by atoms with Crippen molar-refractivity contribution < 1.29 is 14.0 Å². The van der Waals surface area contributed by atoms with Crippen molar-refractivity contribution in [1.82, 2.24) is 14.8 Å². The Labute approximate surface area is 136 Å². The summed E-state index contributed by atoms with van der Waals surface area (Å²) >= 11 is 0. The first-order valence-electron chi connectivity index (χ1n) is 8.50. The van der Waals surface area contributed by atoms with Crippen LogP contribution in [-0.2, 0) is 4.79 Å². The number of carbonyl (C=O) groups is 2. The first-order chi connectivity index (χ1) is 11.0. The predicted molar refractivity (Wildman–Crippen MR) is 84.9 cm³/mol. The molecule has 2 amide bonds. The molecule has 2 saturated heterocycles. The number of likely N-dealkylation sites (tertiary alicyclic amines) is 2. The van der Waals surface area contributed by atoms with Gasteiger partial charge in [-0.25, -0.2) is 4.98 Å². The average Bonchev–Trinajstić information content (AvgIpc) is 2.86. The van der Waals surface area contributed by atoms with Crippen molar-refractivity contribution in [1.29, 1.82) is 0 Å². The van der Waals surface area contributed by atoms with E-state index in [1.54, 1.807) is 6.92 Å². The lowest BCUT2D eigenvalue weighted by Gasteiger charge is -2.52. The number of nitrogens with zero attached hydrogens (tertiary/aromatic N) is 3. The molecule has 6 heteroatoms. The van der Waals surface area contributed by atoms with E-state index in [1.165, 1.54) is 6.39 Å². The molecule has 0 unspecified atom stereocenters. The summed E-state index contributed by atoms with van der Waals surface area (Å²) in [5, 5.41) is 0. The summed E-state index contributed by atoms with van der Waals surface area (Å²) in [6.07, 6.45) is 5.49. The number of aromatic nitrogens is 1. The fraction of sp³-hybridized carbons (Fsp3) is 0.706. The van der Waals surface area contributed by atoms with E-state index in [4.69, 9.17) is 4.42 Å². The fourth-order valence-electron chi connectivity index (χ4n) is 4.31. The number of amides is 2. The third kappa shape index (κ3) is 2.54. The van der Waals surface area contributed by atoms with Crippen LogP contribution in [0.2, 0.25) is 0 Å². The molecular formula is C17H25N3O3. The summed E-state index contributed by atoms with van der Waals surface area (Å²) in [6, 6.07) is 0.0475. The third-order valence-electron chi connectivity index (χ3n) is 5.50. The van der Waals surface area contributed by atoms with Gasteiger partial charge in [-0.05, 0) is 46.5 Å². The van der Waals surface area contributed by atoms with Gasteiger partial charge in [-0.1, -0.05) is 0 Å². The van der Waals surface area contributed by atoms with Crippen LogP contribution in [-0.4, -0.2) is 51.3 Å². The lowest BCUT2D eigenvalue weighted by atomic mass is 9.79. The number of fused-ring (bicyclic) bond motifs is 1. The number of piperidine rings is 1. The van der Waals surface area contributed by atoms with Crippen LogP contribution >= 0.6 is 0 Å². The zero-order valence-electron chi connectivity index (χ0n) is 14.2. The summed E-state index contributed by atoms with van der Waals surface area (Å²) in [5.74, 6) is 0.693. The summed E-state index contributed by atoms with van der Waals surface area (Å²) in [6.45, 7) is 7.33. The Morgan fingerprint density at radius 1 is 1.48 bits per heavy atom. The topological polar surface area (TPSA) is 66.7 Å². The van der Waals surface area contributed by atoms with Crippen LogP contribution in [0.25, 0.3) is 0 Å². The van der Waals surface area contributed by atoms with E-state index in [-0.39, 0.29) is 23.4 Å². The molecule has 126 valence electrons. The molecule has 1 aromatic heterocycles. The van der Waals surface area contributed by atoms with Crippen LogP contribution in [0.4, 0.5) is 0 Å². The number of oxazole rings is 1. The van der Waals surface area contributed by atoms with Crippen LogP contribution in [0.5, 0.6) is 0 Å². The number of hydrogen-bond acceptors (Lipinski definition) is 4. The van der Waals surface area contributed by atoms with E-state index in [9.17, 15) is 9.59 Å². The van der Waals surface area contributed by atoms with Gasteiger partial charge in [0.25, 0.3) is 5.91 Å². The van der Waals surface area contributed by atoms with E-state index >= 15 is 0 Å². The highest BCUT2D eigenvalue weighted by Gasteiger charge is 2.49. The Morgan fingerprint density at radius 2 is 2.26 bits per heavy atom. The molecule has 0 aliphatic carbocycles. The fourth-order valence-corrected chi connectivity index (χ4v) is 4.31. The summed E-state index contributed by atoms with van der Waals surface area (Å²) in [5.41, 5.74) is 0.114. The highest BCUT2D eigenvalue weighted by Crippen LogP contribution is 2.39. The minimum Gasteiger partial charge on any atom is -0.448 e. The molecule has 2 aliphatic heterocycles. The Morgan fingerprint density at radius 3 is 2.91 bits per heavy atom. The second-order valence-electron chi connectivity index (χ2n) is 6.76. The zero-order valence-corrected chi connectivity index (χ0v) is 14.2. The quantitative estimate of drug-likeness (QED) is 0.839. The van der Waals surface area contributed by atoms with Gasteiger partial charge < -0.3 is 14.2 Å². The van der Waals surface area contributed by atoms with Gasteiger partial charge in [0.2, 0.25) is 5.91 Å². The molecule has 2 fully saturated rings. The lowest BCUT2D eigenvalue weighted by Crippen LogP contribution is -2.65. The highest BCUT2D eigenvalue weighted by atomic mass is 16.3. The van der Waals surface area contributed by atoms with Gasteiger partial charge in [-0.2, -0.15) is 0 Å². The molecule has 0 bridgehead atoms. The number of aryl methyl sites for hydroxylation is 1. The molecule has 1 aromatic rings. The SMILES string of the molecule is CCN1C(=O)CC[C@@H]2N(C(=O)c3ncoc3C)CCCC[C@@]21C. The van der Waals surface area contributed by atoms with Crippen molar-refractivity contribution in [2.75, 3.05) is 13.1 Å². The van der Waals surface area contributed by atoms with E-state index < -0.39 is 0 Å². The van der Waals surface area contributed by atoms with E-state index in [1.807, 2.05) is 16.7 Å². The Kier molecular flexibility index (Phi) is 4.17. The van der Waals surface area contributed by atoms with Crippen LogP contribution in [0.1, 0.15) is 62.2 Å². The van der Waals surface area contributed by atoms with E-state index in [0.717, 1.165) is 32.2 Å². The first kappa shape index (κ1) is 16.0. The molecule has 23 heavy (non-hydrogen) atoms. The van der Waals surface area contributed by atoms with Gasteiger partial charge in [-0.15, -0.1) is 0 Å². The molecule has 0 aromatic carbocycles. The molecule has 3 heterocycles. The first-order valence-corrected chi connectivity index (χ1v) is 8.50. The van der Waals surface area contributed by atoms with Crippen molar-refractivity contribution in [3.63, 3.8) is 0 Å². The second kappa shape index (κ2) is 5.98. The standard InChI is InChI=1S/C17H25N3O3/c1-4-20-14(21)8-7-13-17(20,3)9-5-6-10-19(13)16(22)15-12(2)23-11-18-15/h11,13H,4-10H2,1-3H3/t13-,17-/m0/s1. The average molecular weight is 319 g/mol. The maximum absolute atomic E-state index is 13.0.